The Morgan fingerprint density at radius 2 is 2.04 bits per heavy atom. The minimum atomic E-state index is 0.0709. The summed E-state index contributed by atoms with van der Waals surface area (Å²) in [5.41, 5.74) is 6.93. The molecule has 1 unspecified atom stereocenters. The summed E-state index contributed by atoms with van der Waals surface area (Å²) in [5, 5.41) is 0. The van der Waals surface area contributed by atoms with Crippen molar-refractivity contribution in [3.05, 3.63) is 23.8 Å². The Morgan fingerprint density at radius 3 is 2.75 bits per heavy atom. The van der Waals surface area contributed by atoms with Crippen molar-refractivity contribution in [1.29, 1.82) is 0 Å². The summed E-state index contributed by atoms with van der Waals surface area (Å²) in [7, 11) is 3.33. The van der Waals surface area contributed by atoms with Gasteiger partial charge in [0.2, 0.25) is 5.91 Å². The normalized spacial score (nSPS) is 26.6. The molecule has 1 aliphatic heterocycles. The van der Waals surface area contributed by atoms with Crippen LogP contribution in [0.3, 0.4) is 0 Å². The third kappa shape index (κ3) is 3.09. The Morgan fingerprint density at radius 1 is 1.21 bits per heavy atom. The SMILES string of the molecule is COc1ccc(OC)c(C2CCCN2C(=O)[C@@H]2CCC[C@@H]2CN)c1. The number of methoxy groups -OCH3 is 2. The first-order valence-electron chi connectivity index (χ1n) is 8.92. The van der Waals surface area contributed by atoms with E-state index in [0.29, 0.717) is 12.5 Å². The lowest BCUT2D eigenvalue weighted by atomic mass is 9.93. The van der Waals surface area contributed by atoms with Gasteiger partial charge >= 0.3 is 0 Å². The fourth-order valence-corrected chi connectivity index (χ4v) is 4.31. The zero-order valence-electron chi connectivity index (χ0n) is 14.7. The standard InChI is InChI=1S/C19H28N2O3/c1-23-14-8-9-18(24-2)16(11-14)17-7-4-10-21(17)19(22)15-6-3-5-13(15)12-20/h8-9,11,13,15,17H,3-7,10,12,20H2,1-2H3/t13-,15-,17?/m1/s1. The molecule has 2 aliphatic rings. The molecule has 0 spiro atoms. The van der Waals surface area contributed by atoms with Gasteiger partial charge in [-0.1, -0.05) is 6.42 Å². The molecule has 1 heterocycles. The van der Waals surface area contributed by atoms with Crippen molar-refractivity contribution in [1.82, 2.24) is 4.90 Å². The molecule has 0 aromatic heterocycles. The minimum Gasteiger partial charge on any atom is -0.497 e. The van der Waals surface area contributed by atoms with Crippen LogP contribution in [-0.2, 0) is 4.79 Å². The Labute approximate surface area is 144 Å². The fraction of sp³-hybridized carbons (Fsp3) is 0.632. The van der Waals surface area contributed by atoms with E-state index in [4.69, 9.17) is 15.2 Å². The molecule has 132 valence electrons. The number of benzene rings is 1. The highest BCUT2D eigenvalue weighted by molar-refractivity contribution is 5.80. The second kappa shape index (κ2) is 7.43. The summed E-state index contributed by atoms with van der Waals surface area (Å²) in [6.07, 6.45) is 5.15. The first-order chi connectivity index (χ1) is 11.7. The molecule has 3 rings (SSSR count). The van der Waals surface area contributed by atoms with Gasteiger partial charge < -0.3 is 20.1 Å². The van der Waals surface area contributed by atoms with Gasteiger partial charge in [0, 0.05) is 18.0 Å². The first kappa shape index (κ1) is 17.1. The number of nitrogens with zero attached hydrogens (tertiary/aromatic N) is 1. The zero-order valence-corrected chi connectivity index (χ0v) is 14.7. The molecule has 3 atom stereocenters. The second-order valence-corrected chi connectivity index (χ2v) is 6.83. The molecule has 5 nitrogen and oxygen atoms in total. The summed E-state index contributed by atoms with van der Waals surface area (Å²) in [6.45, 7) is 1.43. The Kier molecular flexibility index (Phi) is 5.29. The van der Waals surface area contributed by atoms with Gasteiger partial charge in [0.15, 0.2) is 0 Å². The molecule has 1 aliphatic carbocycles. The van der Waals surface area contributed by atoms with Gasteiger partial charge in [0.1, 0.15) is 11.5 Å². The highest BCUT2D eigenvalue weighted by atomic mass is 16.5. The van der Waals surface area contributed by atoms with Gasteiger partial charge in [-0.15, -0.1) is 0 Å². The Hall–Kier alpha value is -1.75. The van der Waals surface area contributed by atoms with Crippen LogP contribution in [0.4, 0.5) is 0 Å². The predicted molar refractivity (Wildman–Crippen MR) is 93.1 cm³/mol. The van der Waals surface area contributed by atoms with Crippen molar-refractivity contribution >= 4 is 5.91 Å². The van der Waals surface area contributed by atoms with Crippen molar-refractivity contribution in [3.8, 4) is 11.5 Å². The molecule has 1 aromatic carbocycles. The van der Waals surface area contributed by atoms with E-state index in [0.717, 1.165) is 55.7 Å². The molecule has 0 bridgehead atoms. The molecule has 1 aromatic rings. The van der Waals surface area contributed by atoms with E-state index in [1.807, 2.05) is 18.2 Å². The number of likely N-dealkylation sites (tertiary alicyclic amines) is 1. The van der Waals surface area contributed by atoms with Crippen LogP contribution in [-0.4, -0.2) is 38.1 Å². The number of ether oxygens (including phenoxy) is 2. The average Bonchev–Trinajstić information content (AvgIpc) is 3.29. The number of hydrogen-bond acceptors (Lipinski definition) is 4. The number of rotatable bonds is 5. The van der Waals surface area contributed by atoms with E-state index in [-0.39, 0.29) is 17.9 Å². The predicted octanol–water partition coefficient (Wildman–Crippen LogP) is 2.74. The molecule has 0 radical (unpaired) electrons. The maximum absolute atomic E-state index is 13.2. The lowest BCUT2D eigenvalue weighted by molar-refractivity contribution is -0.137. The maximum Gasteiger partial charge on any atom is 0.226 e. The van der Waals surface area contributed by atoms with Gasteiger partial charge in [-0.25, -0.2) is 0 Å². The molecular weight excluding hydrogens is 304 g/mol. The Bertz CT molecular complexity index is 590. The van der Waals surface area contributed by atoms with Crippen molar-refractivity contribution in [3.63, 3.8) is 0 Å². The summed E-state index contributed by atoms with van der Waals surface area (Å²) in [5.74, 6) is 2.32. The maximum atomic E-state index is 13.2. The van der Waals surface area contributed by atoms with Gasteiger partial charge in [-0.3, -0.25) is 4.79 Å². The summed E-state index contributed by atoms with van der Waals surface area (Å²) in [6, 6.07) is 5.89. The first-order valence-corrected chi connectivity index (χ1v) is 8.92. The molecule has 1 saturated carbocycles. The van der Waals surface area contributed by atoms with Gasteiger partial charge in [-0.05, 0) is 56.3 Å². The Balaban J connectivity index is 1.87. The largest absolute Gasteiger partial charge is 0.497 e. The van der Waals surface area contributed by atoms with Crippen molar-refractivity contribution in [2.75, 3.05) is 27.3 Å². The smallest absolute Gasteiger partial charge is 0.226 e. The van der Waals surface area contributed by atoms with Crippen LogP contribution >= 0.6 is 0 Å². The summed E-state index contributed by atoms with van der Waals surface area (Å²) >= 11 is 0. The van der Waals surface area contributed by atoms with Gasteiger partial charge in [-0.2, -0.15) is 0 Å². The molecule has 5 heteroatoms. The molecular formula is C19H28N2O3. The average molecular weight is 332 g/mol. The zero-order chi connectivity index (χ0) is 17.1. The third-order valence-electron chi connectivity index (χ3n) is 5.61. The topological polar surface area (TPSA) is 64.8 Å². The van der Waals surface area contributed by atoms with Crippen LogP contribution in [0.1, 0.15) is 43.7 Å². The van der Waals surface area contributed by atoms with E-state index < -0.39 is 0 Å². The highest BCUT2D eigenvalue weighted by Gasteiger charge is 2.39. The van der Waals surface area contributed by atoms with E-state index in [2.05, 4.69) is 4.90 Å². The third-order valence-corrected chi connectivity index (χ3v) is 5.61. The number of amides is 1. The molecule has 1 amide bonds. The lowest BCUT2D eigenvalue weighted by Gasteiger charge is -2.30. The van der Waals surface area contributed by atoms with Crippen LogP contribution in [0.15, 0.2) is 18.2 Å². The molecule has 2 fully saturated rings. The van der Waals surface area contributed by atoms with E-state index >= 15 is 0 Å². The fourth-order valence-electron chi connectivity index (χ4n) is 4.31. The summed E-state index contributed by atoms with van der Waals surface area (Å²) < 4.78 is 10.9. The van der Waals surface area contributed by atoms with Crippen molar-refractivity contribution in [2.45, 2.75) is 38.1 Å². The van der Waals surface area contributed by atoms with Crippen LogP contribution in [0.5, 0.6) is 11.5 Å². The number of hydrogen-bond donors (Lipinski definition) is 1. The van der Waals surface area contributed by atoms with E-state index in [9.17, 15) is 4.79 Å². The lowest BCUT2D eigenvalue weighted by Crippen LogP contribution is -2.38. The number of nitrogens with two attached hydrogens (primary N) is 1. The molecule has 1 saturated heterocycles. The second-order valence-electron chi connectivity index (χ2n) is 6.83. The monoisotopic (exact) mass is 332 g/mol. The number of carbonyl (C=O) groups excluding carboxylic acids is 1. The highest BCUT2D eigenvalue weighted by Crippen LogP contribution is 2.42. The van der Waals surface area contributed by atoms with Crippen LogP contribution in [0.2, 0.25) is 0 Å². The van der Waals surface area contributed by atoms with Gasteiger partial charge in [0.25, 0.3) is 0 Å². The van der Waals surface area contributed by atoms with Crippen LogP contribution < -0.4 is 15.2 Å². The molecule has 2 N–H and O–H groups in total. The van der Waals surface area contributed by atoms with Crippen LogP contribution in [0.25, 0.3) is 0 Å². The quantitative estimate of drug-likeness (QED) is 0.900. The van der Waals surface area contributed by atoms with E-state index in [1.54, 1.807) is 14.2 Å². The number of carbonyl (C=O) groups is 1. The molecule has 24 heavy (non-hydrogen) atoms. The van der Waals surface area contributed by atoms with E-state index in [1.165, 1.54) is 0 Å². The van der Waals surface area contributed by atoms with Crippen LogP contribution in [0, 0.1) is 11.8 Å². The van der Waals surface area contributed by atoms with Gasteiger partial charge in [0.05, 0.1) is 20.3 Å². The summed E-state index contributed by atoms with van der Waals surface area (Å²) in [4.78, 5) is 15.2. The van der Waals surface area contributed by atoms with Crippen molar-refractivity contribution < 1.29 is 14.3 Å². The minimum absolute atomic E-state index is 0.0709. The van der Waals surface area contributed by atoms with Crippen molar-refractivity contribution in [2.24, 2.45) is 17.6 Å².